The Morgan fingerprint density at radius 1 is 1.30 bits per heavy atom. The number of aliphatic hydroxyl groups excluding tert-OH is 3. The molecule has 1 aliphatic heterocycles. The van der Waals surface area contributed by atoms with Crippen molar-refractivity contribution < 1.29 is 24.9 Å². The first-order chi connectivity index (χ1) is 9.11. The minimum atomic E-state index is -0.992. The summed E-state index contributed by atoms with van der Waals surface area (Å²) in [5, 5.41) is 29.2. The summed E-state index contributed by atoms with van der Waals surface area (Å²) in [6, 6.07) is 0. The van der Waals surface area contributed by atoms with Gasteiger partial charge < -0.3 is 25.0 Å². The van der Waals surface area contributed by atoms with Crippen LogP contribution in [-0.4, -0.2) is 63.8 Å². The smallest absolute Gasteiger partial charge is 0.410 e. The molecule has 6 nitrogen and oxygen atoms in total. The molecule has 0 bridgehead atoms. The highest BCUT2D eigenvalue weighted by Crippen LogP contribution is 2.36. The van der Waals surface area contributed by atoms with Gasteiger partial charge in [0.2, 0.25) is 0 Å². The Labute approximate surface area is 120 Å². The van der Waals surface area contributed by atoms with Gasteiger partial charge in [-0.25, -0.2) is 4.79 Å². The lowest BCUT2D eigenvalue weighted by molar-refractivity contribution is -0.106. The zero-order valence-electron chi connectivity index (χ0n) is 12.8. The number of amides is 1. The van der Waals surface area contributed by atoms with Crippen LogP contribution in [0.25, 0.3) is 0 Å². The zero-order valence-corrected chi connectivity index (χ0v) is 12.8. The lowest BCUT2D eigenvalue weighted by Crippen LogP contribution is -2.53. The van der Waals surface area contributed by atoms with Gasteiger partial charge in [-0.1, -0.05) is 0 Å². The molecule has 1 unspecified atom stereocenters. The number of rotatable bonds is 3. The van der Waals surface area contributed by atoms with Crippen LogP contribution in [0.5, 0.6) is 0 Å². The number of hydrogen-bond acceptors (Lipinski definition) is 5. The van der Waals surface area contributed by atoms with E-state index in [1.54, 1.807) is 4.90 Å². The molecule has 1 amide bonds. The molecule has 0 saturated carbocycles. The molecule has 0 aromatic carbocycles. The van der Waals surface area contributed by atoms with Crippen LogP contribution in [0.1, 0.15) is 40.5 Å². The summed E-state index contributed by atoms with van der Waals surface area (Å²) in [5.41, 5.74) is -1.28. The van der Waals surface area contributed by atoms with Crippen molar-refractivity contribution in [2.45, 2.75) is 58.3 Å². The first kappa shape index (κ1) is 17.2. The molecule has 0 aliphatic carbocycles. The van der Waals surface area contributed by atoms with Crippen molar-refractivity contribution in [2.75, 3.05) is 19.7 Å². The molecule has 1 aliphatic rings. The van der Waals surface area contributed by atoms with Gasteiger partial charge in [0.1, 0.15) is 5.60 Å². The predicted octanol–water partition coefficient (Wildman–Crippen LogP) is 0.738. The van der Waals surface area contributed by atoms with E-state index in [-0.39, 0.29) is 12.7 Å². The summed E-state index contributed by atoms with van der Waals surface area (Å²) in [6.45, 7) is 7.53. The summed E-state index contributed by atoms with van der Waals surface area (Å²) in [6.07, 6.45) is -1.40. The summed E-state index contributed by atoms with van der Waals surface area (Å²) in [7, 11) is 0. The maximum Gasteiger partial charge on any atom is 0.410 e. The number of likely N-dealkylation sites (tertiary alicyclic amines) is 1. The average Bonchev–Trinajstić information content (AvgIpc) is 2.35. The molecule has 1 fully saturated rings. The van der Waals surface area contributed by atoms with Crippen molar-refractivity contribution in [1.29, 1.82) is 0 Å². The molecule has 118 valence electrons. The van der Waals surface area contributed by atoms with E-state index in [4.69, 9.17) is 4.74 Å². The minimum absolute atomic E-state index is 0.207. The first-order valence-electron chi connectivity index (χ1n) is 7.06. The summed E-state index contributed by atoms with van der Waals surface area (Å²) in [5.74, 6) is 0. The van der Waals surface area contributed by atoms with Crippen LogP contribution in [0, 0.1) is 5.41 Å². The van der Waals surface area contributed by atoms with Gasteiger partial charge in [0.05, 0.1) is 18.8 Å². The third-order valence-corrected chi connectivity index (χ3v) is 3.81. The van der Waals surface area contributed by atoms with Gasteiger partial charge in [-0.2, -0.15) is 0 Å². The molecular formula is C14H27NO5. The van der Waals surface area contributed by atoms with E-state index in [0.29, 0.717) is 25.9 Å². The van der Waals surface area contributed by atoms with E-state index in [1.807, 2.05) is 20.8 Å². The van der Waals surface area contributed by atoms with E-state index in [0.717, 1.165) is 0 Å². The molecule has 1 saturated heterocycles. The molecule has 0 aromatic heterocycles. The Bertz CT molecular complexity index is 329. The number of ether oxygens (including phenoxy) is 1. The molecule has 20 heavy (non-hydrogen) atoms. The number of carbonyl (C=O) groups is 1. The van der Waals surface area contributed by atoms with Crippen molar-refractivity contribution in [3.63, 3.8) is 0 Å². The third kappa shape index (κ3) is 4.07. The third-order valence-electron chi connectivity index (χ3n) is 3.81. The van der Waals surface area contributed by atoms with E-state index < -0.39 is 23.2 Å². The van der Waals surface area contributed by atoms with Crippen molar-refractivity contribution >= 4 is 6.09 Å². The van der Waals surface area contributed by atoms with E-state index in [1.165, 1.54) is 6.92 Å². The predicted molar refractivity (Wildman–Crippen MR) is 74.2 cm³/mol. The lowest BCUT2D eigenvalue weighted by Gasteiger charge is -2.44. The van der Waals surface area contributed by atoms with E-state index >= 15 is 0 Å². The van der Waals surface area contributed by atoms with Crippen LogP contribution in [0.15, 0.2) is 0 Å². The van der Waals surface area contributed by atoms with Gasteiger partial charge in [-0.15, -0.1) is 0 Å². The summed E-state index contributed by atoms with van der Waals surface area (Å²) in [4.78, 5) is 13.5. The van der Waals surface area contributed by atoms with Crippen molar-refractivity contribution in [2.24, 2.45) is 5.41 Å². The Balaban J connectivity index is 2.64. The highest BCUT2D eigenvalue weighted by atomic mass is 16.6. The zero-order chi connectivity index (χ0) is 15.6. The van der Waals surface area contributed by atoms with E-state index in [9.17, 15) is 20.1 Å². The Hall–Kier alpha value is -0.850. The highest BCUT2D eigenvalue weighted by Gasteiger charge is 2.43. The second-order valence-electron chi connectivity index (χ2n) is 6.67. The second-order valence-corrected chi connectivity index (χ2v) is 6.67. The standard InChI is InChI=1S/C14H27NO5/c1-10(17)11(18)14(9-16)5-7-15(8-6-14)12(19)20-13(2,3)4/h10-11,16-18H,5-9H2,1-4H3/t10-,11?/m1/s1. The number of piperidine rings is 1. The maximum absolute atomic E-state index is 11.9. The van der Waals surface area contributed by atoms with Crippen molar-refractivity contribution in [1.82, 2.24) is 4.90 Å². The number of nitrogens with zero attached hydrogens (tertiary/aromatic N) is 1. The molecule has 3 N–H and O–H groups in total. The Morgan fingerprint density at radius 3 is 2.15 bits per heavy atom. The van der Waals surface area contributed by atoms with Gasteiger partial charge in [0, 0.05) is 18.5 Å². The molecular weight excluding hydrogens is 262 g/mol. The Kier molecular flexibility index (Phi) is 5.40. The molecule has 0 spiro atoms. The number of hydrogen-bond donors (Lipinski definition) is 3. The van der Waals surface area contributed by atoms with Gasteiger partial charge in [0.25, 0.3) is 0 Å². The number of aliphatic hydroxyl groups is 3. The molecule has 0 radical (unpaired) electrons. The fourth-order valence-corrected chi connectivity index (χ4v) is 2.52. The molecule has 1 rings (SSSR count). The highest BCUT2D eigenvalue weighted by molar-refractivity contribution is 5.68. The maximum atomic E-state index is 11.9. The van der Waals surface area contributed by atoms with E-state index in [2.05, 4.69) is 0 Å². The van der Waals surface area contributed by atoms with Gasteiger partial charge in [-0.05, 0) is 40.5 Å². The van der Waals surface area contributed by atoms with Gasteiger partial charge >= 0.3 is 6.09 Å². The van der Waals surface area contributed by atoms with Crippen LogP contribution in [0.2, 0.25) is 0 Å². The topological polar surface area (TPSA) is 90.2 Å². The summed E-state index contributed by atoms with van der Waals surface area (Å²) < 4.78 is 5.30. The van der Waals surface area contributed by atoms with Gasteiger partial charge in [0.15, 0.2) is 0 Å². The number of carbonyl (C=O) groups excluding carboxylic acids is 1. The Morgan fingerprint density at radius 2 is 1.80 bits per heavy atom. The van der Waals surface area contributed by atoms with Crippen LogP contribution < -0.4 is 0 Å². The monoisotopic (exact) mass is 289 g/mol. The molecule has 2 atom stereocenters. The normalized spacial score (nSPS) is 22.2. The van der Waals surface area contributed by atoms with Crippen molar-refractivity contribution in [3.05, 3.63) is 0 Å². The van der Waals surface area contributed by atoms with Crippen molar-refractivity contribution in [3.8, 4) is 0 Å². The minimum Gasteiger partial charge on any atom is -0.444 e. The van der Waals surface area contributed by atoms with Crippen LogP contribution in [0.3, 0.4) is 0 Å². The van der Waals surface area contributed by atoms with Crippen LogP contribution in [0.4, 0.5) is 4.79 Å². The van der Waals surface area contributed by atoms with Gasteiger partial charge in [-0.3, -0.25) is 0 Å². The quantitative estimate of drug-likeness (QED) is 0.713. The largest absolute Gasteiger partial charge is 0.444 e. The first-order valence-corrected chi connectivity index (χ1v) is 7.06. The molecule has 6 heteroatoms. The molecule has 1 heterocycles. The van der Waals surface area contributed by atoms with Crippen LogP contribution in [-0.2, 0) is 4.74 Å². The summed E-state index contributed by atoms with van der Waals surface area (Å²) >= 11 is 0. The average molecular weight is 289 g/mol. The van der Waals surface area contributed by atoms with Crippen LogP contribution >= 0.6 is 0 Å². The SMILES string of the molecule is C[C@@H](O)C(O)C1(CO)CCN(C(=O)OC(C)(C)C)CC1. The molecule has 0 aromatic rings. The second kappa shape index (κ2) is 6.28. The fourth-order valence-electron chi connectivity index (χ4n) is 2.52. The fraction of sp³-hybridized carbons (Fsp3) is 0.929. The lowest BCUT2D eigenvalue weighted by atomic mass is 9.73.